The number of hydrogen-bond donors (Lipinski definition) is 3. The van der Waals surface area contributed by atoms with Gasteiger partial charge in [0.1, 0.15) is 5.69 Å². The van der Waals surface area contributed by atoms with Crippen LogP contribution in [-0.4, -0.2) is 19.2 Å². The predicted octanol–water partition coefficient (Wildman–Crippen LogP) is 3.85. The van der Waals surface area contributed by atoms with Gasteiger partial charge in [-0.2, -0.15) is 0 Å². The fourth-order valence-corrected chi connectivity index (χ4v) is 4.25. The summed E-state index contributed by atoms with van der Waals surface area (Å²) < 4.78 is 28.3. The molecule has 3 rings (SSSR count). The van der Waals surface area contributed by atoms with Crippen LogP contribution in [-0.2, 0) is 10.0 Å². The lowest BCUT2D eigenvalue weighted by atomic mass is 10.1. The van der Waals surface area contributed by atoms with Gasteiger partial charge >= 0.3 is 0 Å². The maximum Gasteiger partial charge on any atom is 0.292 e. The van der Waals surface area contributed by atoms with Crippen molar-refractivity contribution in [3.05, 3.63) is 87.5 Å². The largest absolute Gasteiger partial charge is 0.393 e. The third kappa shape index (κ3) is 4.98. The summed E-state index contributed by atoms with van der Waals surface area (Å²) >= 11 is 0. The number of nitro benzene ring substituents is 1. The number of nitrogen functional groups attached to an aromatic ring is 1. The zero-order valence-corrected chi connectivity index (χ0v) is 17.6. The van der Waals surface area contributed by atoms with Crippen molar-refractivity contribution in [2.45, 2.75) is 18.7 Å². The number of carbonyl (C=O) groups is 1. The molecule has 10 heteroatoms. The number of nitrogens with zero attached hydrogens (tertiary/aromatic N) is 1. The van der Waals surface area contributed by atoms with E-state index in [1.807, 2.05) is 13.0 Å². The van der Waals surface area contributed by atoms with Crippen molar-refractivity contribution < 1.29 is 18.1 Å². The standard InChI is InChI=1S/C21H20N4O5S/c1-13-4-3-5-17(10-13)24-31(29,30)20-12-16(8-6-14(20)2)23-21(26)15-7-9-18(22)19(11-15)25(27)28/h3-12,24H,22H2,1-2H3,(H,23,26). The van der Waals surface area contributed by atoms with Crippen molar-refractivity contribution in [2.75, 3.05) is 15.8 Å². The molecule has 0 saturated carbocycles. The molecule has 0 spiro atoms. The molecule has 31 heavy (non-hydrogen) atoms. The summed E-state index contributed by atoms with van der Waals surface area (Å²) in [6, 6.07) is 15.0. The molecular formula is C21H20N4O5S. The van der Waals surface area contributed by atoms with E-state index in [0.717, 1.165) is 11.6 Å². The predicted molar refractivity (Wildman–Crippen MR) is 119 cm³/mol. The van der Waals surface area contributed by atoms with Gasteiger partial charge in [0, 0.05) is 23.0 Å². The summed E-state index contributed by atoms with van der Waals surface area (Å²) in [5, 5.41) is 13.6. The van der Waals surface area contributed by atoms with Gasteiger partial charge in [-0.05, 0) is 61.4 Å². The first-order valence-corrected chi connectivity index (χ1v) is 10.6. The molecule has 0 atom stereocenters. The summed E-state index contributed by atoms with van der Waals surface area (Å²) in [4.78, 5) is 22.9. The van der Waals surface area contributed by atoms with Crippen LogP contribution in [0.1, 0.15) is 21.5 Å². The third-order valence-corrected chi connectivity index (χ3v) is 6.02. The molecule has 0 unspecified atom stereocenters. The molecule has 0 fully saturated rings. The Balaban J connectivity index is 1.88. The molecule has 0 radical (unpaired) electrons. The number of rotatable bonds is 6. The van der Waals surface area contributed by atoms with Gasteiger partial charge < -0.3 is 11.1 Å². The van der Waals surface area contributed by atoms with Gasteiger partial charge in [-0.3, -0.25) is 19.6 Å². The molecule has 0 aromatic heterocycles. The third-order valence-electron chi connectivity index (χ3n) is 4.50. The fourth-order valence-electron chi connectivity index (χ4n) is 2.93. The van der Waals surface area contributed by atoms with Crippen molar-refractivity contribution in [3.63, 3.8) is 0 Å². The number of nitro groups is 1. The number of nitrogens with two attached hydrogens (primary N) is 1. The number of hydrogen-bond acceptors (Lipinski definition) is 6. The second-order valence-corrected chi connectivity index (χ2v) is 8.59. The van der Waals surface area contributed by atoms with Crippen LogP contribution >= 0.6 is 0 Å². The van der Waals surface area contributed by atoms with Crippen LogP contribution in [0, 0.1) is 24.0 Å². The van der Waals surface area contributed by atoms with Crippen LogP contribution < -0.4 is 15.8 Å². The molecule has 4 N–H and O–H groups in total. The van der Waals surface area contributed by atoms with Crippen molar-refractivity contribution in [2.24, 2.45) is 0 Å². The van der Waals surface area contributed by atoms with Crippen molar-refractivity contribution in [3.8, 4) is 0 Å². The van der Waals surface area contributed by atoms with Crippen LogP contribution in [0.4, 0.5) is 22.7 Å². The number of anilines is 3. The van der Waals surface area contributed by atoms with Crippen molar-refractivity contribution >= 4 is 38.7 Å². The van der Waals surface area contributed by atoms with E-state index in [1.165, 1.54) is 18.2 Å². The van der Waals surface area contributed by atoms with E-state index in [2.05, 4.69) is 10.0 Å². The molecule has 3 aromatic carbocycles. The highest BCUT2D eigenvalue weighted by atomic mass is 32.2. The lowest BCUT2D eigenvalue weighted by Gasteiger charge is -2.13. The molecule has 3 aromatic rings. The van der Waals surface area contributed by atoms with Gasteiger partial charge in [0.05, 0.1) is 9.82 Å². The highest BCUT2D eigenvalue weighted by Gasteiger charge is 2.20. The zero-order valence-electron chi connectivity index (χ0n) is 16.7. The van der Waals surface area contributed by atoms with Crippen LogP contribution in [0.2, 0.25) is 0 Å². The molecule has 0 aliphatic carbocycles. The SMILES string of the molecule is Cc1cccc(NS(=O)(=O)c2cc(NC(=O)c3ccc(N)c([N+](=O)[O-])c3)ccc2C)c1. The first-order valence-electron chi connectivity index (χ1n) is 9.12. The molecule has 0 bridgehead atoms. The Kier molecular flexibility index (Phi) is 5.93. The van der Waals surface area contributed by atoms with Crippen LogP contribution in [0.25, 0.3) is 0 Å². The Labute approximate surface area is 179 Å². The highest BCUT2D eigenvalue weighted by molar-refractivity contribution is 7.92. The monoisotopic (exact) mass is 440 g/mol. The van der Waals surface area contributed by atoms with E-state index < -0.39 is 20.9 Å². The minimum absolute atomic E-state index is 0.00454. The van der Waals surface area contributed by atoms with E-state index in [9.17, 15) is 23.3 Å². The number of aryl methyl sites for hydroxylation is 2. The summed E-state index contributed by atoms with van der Waals surface area (Å²) in [5.74, 6) is -0.637. The first-order chi connectivity index (χ1) is 14.6. The average molecular weight is 440 g/mol. The average Bonchev–Trinajstić information content (AvgIpc) is 2.69. The minimum Gasteiger partial charge on any atom is -0.393 e. The zero-order chi connectivity index (χ0) is 22.8. The first kappa shape index (κ1) is 21.8. The fraction of sp³-hybridized carbons (Fsp3) is 0.0952. The van der Waals surface area contributed by atoms with E-state index in [1.54, 1.807) is 37.3 Å². The topological polar surface area (TPSA) is 144 Å². The van der Waals surface area contributed by atoms with E-state index in [0.29, 0.717) is 11.3 Å². The molecule has 0 aliphatic heterocycles. The molecule has 0 aliphatic rings. The van der Waals surface area contributed by atoms with Gasteiger partial charge in [0.15, 0.2) is 0 Å². The molecule has 9 nitrogen and oxygen atoms in total. The number of nitrogens with one attached hydrogen (secondary N) is 2. The Morgan fingerprint density at radius 3 is 2.42 bits per heavy atom. The Hall–Kier alpha value is -3.92. The van der Waals surface area contributed by atoms with E-state index >= 15 is 0 Å². The molecule has 160 valence electrons. The smallest absolute Gasteiger partial charge is 0.292 e. The van der Waals surface area contributed by atoms with Crippen LogP contribution in [0.15, 0.2) is 65.6 Å². The maximum absolute atomic E-state index is 12.9. The van der Waals surface area contributed by atoms with E-state index in [4.69, 9.17) is 5.73 Å². The van der Waals surface area contributed by atoms with Crippen molar-refractivity contribution in [1.82, 2.24) is 0 Å². The second-order valence-electron chi connectivity index (χ2n) is 6.94. The normalized spacial score (nSPS) is 11.0. The van der Waals surface area contributed by atoms with Gasteiger partial charge in [-0.1, -0.05) is 18.2 Å². The maximum atomic E-state index is 12.9. The summed E-state index contributed by atoms with van der Waals surface area (Å²) in [5.41, 5.74) is 7.15. The lowest BCUT2D eigenvalue weighted by Crippen LogP contribution is -2.16. The minimum atomic E-state index is -3.91. The number of benzene rings is 3. The highest BCUT2D eigenvalue weighted by Crippen LogP contribution is 2.25. The number of sulfonamides is 1. The second kappa shape index (κ2) is 8.44. The van der Waals surface area contributed by atoms with Crippen LogP contribution in [0.5, 0.6) is 0 Å². The molecule has 0 heterocycles. The van der Waals surface area contributed by atoms with Gasteiger partial charge in [0.25, 0.3) is 21.6 Å². The quantitative estimate of drug-likeness (QED) is 0.302. The number of amides is 1. The van der Waals surface area contributed by atoms with Gasteiger partial charge in [0.2, 0.25) is 0 Å². The summed E-state index contributed by atoms with van der Waals surface area (Å²) in [7, 11) is -3.91. The number of carbonyl (C=O) groups excluding carboxylic acids is 1. The van der Waals surface area contributed by atoms with Crippen LogP contribution in [0.3, 0.4) is 0 Å². The van der Waals surface area contributed by atoms with Crippen molar-refractivity contribution in [1.29, 1.82) is 0 Å². The summed E-state index contributed by atoms with van der Waals surface area (Å²) in [6.07, 6.45) is 0. The molecule has 1 amide bonds. The Bertz CT molecular complexity index is 1290. The Morgan fingerprint density at radius 2 is 1.74 bits per heavy atom. The molecule has 0 saturated heterocycles. The Morgan fingerprint density at radius 1 is 1.00 bits per heavy atom. The summed E-state index contributed by atoms with van der Waals surface area (Å²) in [6.45, 7) is 3.49. The molecular weight excluding hydrogens is 420 g/mol. The van der Waals surface area contributed by atoms with Gasteiger partial charge in [-0.25, -0.2) is 8.42 Å². The lowest BCUT2D eigenvalue weighted by molar-refractivity contribution is -0.383. The van der Waals surface area contributed by atoms with Gasteiger partial charge in [-0.15, -0.1) is 0 Å². The van der Waals surface area contributed by atoms with E-state index in [-0.39, 0.29) is 27.5 Å².